The average molecular weight is 530 g/mol. The van der Waals surface area contributed by atoms with Crippen LogP contribution >= 0.6 is 0 Å². The number of hydrogen-bond acceptors (Lipinski definition) is 8. The molecule has 194 valence electrons. The monoisotopic (exact) mass is 529 g/mol. The largest absolute Gasteiger partial charge is 0.466 e. The SMILES string of the molecule is Cc1cccc(C)c1-c1cc(O[C@@H]2CN(C)Cc3cccnc32)nc(NS(=O)(=O)c2cccc(C=O)c2)n1. The van der Waals surface area contributed by atoms with Gasteiger partial charge in [0.1, 0.15) is 6.29 Å². The summed E-state index contributed by atoms with van der Waals surface area (Å²) in [6.45, 7) is 5.28. The van der Waals surface area contributed by atoms with E-state index in [0.29, 0.717) is 18.5 Å². The van der Waals surface area contributed by atoms with Crippen molar-refractivity contribution in [2.24, 2.45) is 0 Å². The standard InChI is InChI=1S/C28H27N5O4S/c1-18-7-4-8-19(2)26(18)23-14-25(37-24-16-33(3)15-21-10-6-12-29-27(21)24)31-28(30-23)32-38(35,36)22-11-5-9-20(13-22)17-34/h4-14,17,24H,15-16H2,1-3H3,(H,30,31,32)/t24-/m1/s1. The van der Waals surface area contributed by atoms with Gasteiger partial charge in [-0.3, -0.25) is 14.7 Å². The van der Waals surface area contributed by atoms with Crippen LogP contribution in [0.2, 0.25) is 0 Å². The Bertz CT molecular complexity index is 1600. The molecule has 9 nitrogen and oxygen atoms in total. The molecular weight excluding hydrogens is 502 g/mol. The number of nitrogens with one attached hydrogen (secondary N) is 1. The molecule has 1 aliphatic rings. The van der Waals surface area contributed by atoms with Gasteiger partial charge in [-0.2, -0.15) is 4.98 Å². The quantitative estimate of drug-likeness (QED) is 0.352. The van der Waals surface area contributed by atoms with Crippen molar-refractivity contribution in [3.8, 4) is 17.1 Å². The van der Waals surface area contributed by atoms with E-state index in [1.807, 2.05) is 51.2 Å². The zero-order chi connectivity index (χ0) is 26.9. The van der Waals surface area contributed by atoms with Crippen LogP contribution in [0.5, 0.6) is 5.88 Å². The summed E-state index contributed by atoms with van der Waals surface area (Å²) in [6.07, 6.45) is 1.92. The number of carbonyl (C=O) groups is 1. The zero-order valence-electron chi connectivity index (χ0n) is 21.2. The summed E-state index contributed by atoms with van der Waals surface area (Å²) in [7, 11) is -2.08. The topological polar surface area (TPSA) is 114 Å². The maximum Gasteiger partial charge on any atom is 0.264 e. The minimum atomic E-state index is -4.08. The molecule has 1 N–H and O–H groups in total. The maximum absolute atomic E-state index is 13.2. The lowest BCUT2D eigenvalue weighted by molar-refractivity contribution is 0.112. The van der Waals surface area contributed by atoms with Crippen molar-refractivity contribution in [1.82, 2.24) is 19.9 Å². The van der Waals surface area contributed by atoms with Gasteiger partial charge in [0.2, 0.25) is 11.8 Å². The Morgan fingerprint density at radius 2 is 1.79 bits per heavy atom. The Morgan fingerprint density at radius 3 is 2.55 bits per heavy atom. The third-order valence-electron chi connectivity index (χ3n) is 6.38. The predicted molar refractivity (Wildman–Crippen MR) is 144 cm³/mol. The molecule has 2 aromatic carbocycles. The van der Waals surface area contributed by atoms with Gasteiger partial charge >= 0.3 is 0 Å². The van der Waals surface area contributed by atoms with Gasteiger partial charge in [-0.1, -0.05) is 36.4 Å². The minimum Gasteiger partial charge on any atom is -0.466 e. The number of benzene rings is 2. The molecule has 2 aromatic heterocycles. The highest BCUT2D eigenvalue weighted by atomic mass is 32.2. The first-order valence-electron chi connectivity index (χ1n) is 12.1. The molecule has 3 heterocycles. The van der Waals surface area contributed by atoms with Gasteiger partial charge in [0.05, 0.1) is 16.3 Å². The van der Waals surface area contributed by atoms with Gasteiger partial charge in [-0.15, -0.1) is 0 Å². The second-order valence-corrected chi connectivity index (χ2v) is 11.0. The van der Waals surface area contributed by atoms with Crippen molar-refractivity contribution in [2.45, 2.75) is 31.4 Å². The number of pyridine rings is 1. The Morgan fingerprint density at radius 1 is 1.03 bits per heavy atom. The van der Waals surface area contributed by atoms with Crippen LogP contribution < -0.4 is 9.46 Å². The first kappa shape index (κ1) is 25.5. The van der Waals surface area contributed by atoms with Crippen molar-refractivity contribution < 1.29 is 17.9 Å². The summed E-state index contributed by atoms with van der Waals surface area (Å²) in [5, 5.41) is 0. The number of sulfonamides is 1. The Kier molecular flexibility index (Phi) is 6.92. The lowest BCUT2D eigenvalue weighted by Crippen LogP contribution is -2.34. The van der Waals surface area contributed by atoms with Crippen LogP contribution in [0.3, 0.4) is 0 Å². The highest BCUT2D eigenvalue weighted by molar-refractivity contribution is 7.92. The summed E-state index contributed by atoms with van der Waals surface area (Å²) >= 11 is 0. The van der Waals surface area contributed by atoms with E-state index in [9.17, 15) is 13.2 Å². The molecule has 0 bridgehead atoms. The molecular formula is C28H27N5O4S. The van der Waals surface area contributed by atoms with Crippen molar-refractivity contribution in [3.63, 3.8) is 0 Å². The maximum atomic E-state index is 13.2. The number of hydrogen-bond donors (Lipinski definition) is 1. The van der Waals surface area contributed by atoms with Crippen LogP contribution in [0.1, 0.15) is 38.8 Å². The van der Waals surface area contributed by atoms with E-state index in [4.69, 9.17) is 4.74 Å². The molecule has 0 aliphatic carbocycles. The number of aryl methyl sites for hydroxylation is 2. The fourth-order valence-corrected chi connectivity index (χ4v) is 5.65. The number of rotatable bonds is 7. The molecule has 38 heavy (non-hydrogen) atoms. The van der Waals surface area contributed by atoms with E-state index in [1.54, 1.807) is 12.3 Å². The van der Waals surface area contributed by atoms with E-state index < -0.39 is 16.1 Å². The molecule has 0 saturated carbocycles. The van der Waals surface area contributed by atoms with Crippen molar-refractivity contribution in [3.05, 3.63) is 94.8 Å². The van der Waals surface area contributed by atoms with Gasteiger partial charge < -0.3 is 4.74 Å². The van der Waals surface area contributed by atoms with E-state index in [1.165, 1.54) is 24.3 Å². The molecule has 1 atom stereocenters. The number of likely N-dealkylation sites (N-methyl/N-ethyl adjacent to an activating group) is 1. The summed E-state index contributed by atoms with van der Waals surface area (Å²) in [4.78, 5) is 26.8. The van der Waals surface area contributed by atoms with Crippen LogP contribution in [0.4, 0.5) is 5.95 Å². The predicted octanol–water partition coefficient (Wildman–Crippen LogP) is 4.33. The highest BCUT2D eigenvalue weighted by Crippen LogP contribution is 2.32. The number of fused-ring (bicyclic) bond motifs is 1. The number of anilines is 1. The second-order valence-electron chi connectivity index (χ2n) is 9.33. The van der Waals surface area contributed by atoms with Crippen LogP contribution in [-0.2, 0) is 16.6 Å². The molecule has 0 saturated heterocycles. The fourth-order valence-electron chi connectivity index (χ4n) is 4.65. The second kappa shape index (κ2) is 10.3. The molecule has 1 aliphatic heterocycles. The summed E-state index contributed by atoms with van der Waals surface area (Å²) < 4.78 is 35.2. The summed E-state index contributed by atoms with van der Waals surface area (Å²) in [5.41, 5.74) is 5.47. The molecule has 10 heteroatoms. The van der Waals surface area contributed by atoms with Crippen molar-refractivity contribution in [1.29, 1.82) is 0 Å². The van der Waals surface area contributed by atoms with Crippen molar-refractivity contribution >= 4 is 22.3 Å². The van der Waals surface area contributed by atoms with Gasteiger partial charge in [-0.05, 0) is 55.8 Å². The molecule has 5 rings (SSSR count). The van der Waals surface area contributed by atoms with Crippen LogP contribution in [0.25, 0.3) is 11.3 Å². The number of ether oxygens (including phenoxy) is 1. The van der Waals surface area contributed by atoms with Gasteiger partial charge in [0, 0.05) is 36.5 Å². The zero-order valence-corrected chi connectivity index (χ0v) is 22.1. The van der Waals surface area contributed by atoms with Crippen LogP contribution in [-0.4, -0.2) is 48.1 Å². The molecule has 0 unspecified atom stereocenters. The van der Waals surface area contributed by atoms with E-state index in [-0.39, 0.29) is 22.3 Å². The molecule has 0 fully saturated rings. The van der Waals surface area contributed by atoms with E-state index in [0.717, 1.165) is 34.5 Å². The summed E-state index contributed by atoms with van der Waals surface area (Å²) in [5.74, 6) is 0.0796. The fraction of sp³-hybridized carbons (Fsp3) is 0.214. The summed E-state index contributed by atoms with van der Waals surface area (Å²) in [6, 6.07) is 17.3. The molecule has 0 radical (unpaired) electrons. The van der Waals surface area contributed by atoms with Gasteiger partial charge in [-0.25, -0.2) is 18.1 Å². The molecule has 0 spiro atoms. The van der Waals surface area contributed by atoms with Gasteiger partial charge in [0.15, 0.2) is 6.10 Å². The average Bonchev–Trinajstić information content (AvgIpc) is 2.88. The number of aromatic nitrogens is 3. The normalized spacial score (nSPS) is 15.5. The number of nitrogens with zero attached hydrogens (tertiary/aromatic N) is 4. The first-order valence-corrected chi connectivity index (χ1v) is 13.5. The Hall–Kier alpha value is -4.15. The number of aldehydes is 1. The number of carbonyl (C=O) groups excluding carboxylic acids is 1. The smallest absolute Gasteiger partial charge is 0.264 e. The Balaban J connectivity index is 1.58. The van der Waals surface area contributed by atoms with Crippen LogP contribution in [0.15, 0.2) is 71.8 Å². The Labute approximate surface area is 221 Å². The lowest BCUT2D eigenvalue weighted by Gasteiger charge is -2.31. The van der Waals surface area contributed by atoms with Crippen LogP contribution in [0, 0.1) is 13.8 Å². The molecule has 4 aromatic rings. The minimum absolute atomic E-state index is 0.0716. The third kappa shape index (κ3) is 5.27. The van der Waals surface area contributed by atoms with Gasteiger partial charge in [0.25, 0.3) is 10.0 Å². The first-order chi connectivity index (χ1) is 18.2. The van der Waals surface area contributed by atoms with Crippen molar-refractivity contribution in [2.75, 3.05) is 18.3 Å². The van der Waals surface area contributed by atoms with E-state index >= 15 is 0 Å². The molecule has 0 amide bonds. The third-order valence-corrected chi connectivity index (χ3v) is 7.71. The highest BCUT2D eigenvalue weighted by Gasteiger charge is 2.27. The van der Waals surface area contributed by atoms with E-state index in [2.05, 4.69) is 24.6 Å². The lowest BCUT2D eigenvalue weighted by atomic mass is 10.00.